The topological polar surface area (TPSA) is 38.3 Å². The van der Waals surface area contributed by atoms with Gasteiger partial charge in [0.25, 0.3) is 0 Å². The molecule has 0 bridgehead atoms. The van der Waals surface area contributed by atoms with Crippen LogP contribution in [0.25, 0.3) is 0 Å². The largest absolute Gasteiger partial charge is 0.497 e. The number of nitrogens with one attached hydrogen (secondary N) is 1. The molecule has 1 saturated carbocycles. The van der Waals surface area contributed by atoms with Crippen molar-refractivity contribution in [1.29, 1.82) is 0 Å². The van der Waals surface area contributed by atoms with Crippen LogP contribution in [0.3, 0.4) is 0 Å². The van der Waals surface area contributed by atoms with Gasteiger partial charge in [0.15, 0.2) is 0 Å². The van der Waals surface area contributed by atoms with Crippen molar-refractivity contribution in [3.8, 4) is 5.75 Å². The Labute approximate surface area is 163 Å². The van der Waals surface area contributed by atoms with Crippen molar-refractivity contribution in [3.63, 3.8) is 0 Å². The van der Waals surface area contributed by atoms with E-state index in [0.29, 0.717) is 18.4 Å². The fourth-order valence-corrected chi connectivity index (χ4v) is 4.31. The minimum Gasteiger partial charge on any atom is -0.497 e. The molecule has 3 atom stereocenters. The minimum atomic E-state index is 0.0165. The van der Waals surface area contributed by atoms with Crippen LogP contribution in [0.2, 0.25) is 0 Å². The van der Waals surface area contributed by atoms with E-state index in [1.807, 2.05) is 6.07 Å². The molecular weight excluding hydrogens is 334 g/mol. The van der Waals surface area contributed by atoms with Crippen molar-refractivity contribution in [2.45, 2.75) is 57.9 Å². The Morgan fingerprint density at radius 2 is 1.96 bits per heavy atom. The van der Waals surface area contributed by atoms with Gasteiger partial charge in [0.1, 0.15) is 5.75 Å². The van der Waals surface area contributed by atoms with Crippen LogP contribution in [-0.4, -0.2) is 13.0 Å². The highest BCUT2D eigenvalue weighted by atomic mass is 16.5. The zero-order valence-electron chi connectivity index (χ0n) is 16.7. The molecular formula is C24H31NO2. The van der Waals surface area contributed by atoms with Gasteiger partial charge in [-0.1, -0.05) is 43.3 Å². The summed E-state index contributed by atoms with van der Waals surface area (Å²) in [6, 6.07) is 17.3. The van der Waals surface area contributed by atoms with Crippen molar-refractivity contribution >= 4 is 5.91 Å². The van der Waals surface area contributed by atoms with Crippen LogP contribution < -0.4 is 10.1 Å². The van der Waals surface area contributed by atoms with E-state index in [4.69, 9.17) is 4.74 Å². The highest BCUT2D eigenvalue weighted by Gasteiger charge is 2.27. The van der Waals surface area contributed by atoms with Crippen molar-refractivity contribution in [1.82, 2.24) is 5.32 Å². The summed E-state index contributed by atoms with van der Waals surface area (Å²) in [6.45, 7) is 4.50. The highest BCUT2D eigenvalue weighted by Crippen LogP contribution is 2.42. The molecule has 0 radical (unpaired) electrons. The number of benzene rings is 2. The van der Waals surface area contributed by atoms with Gasteiger partial charge in [-0.25, -0.2) is 0 Å². The van der Waals surface area contributed by atoms with Gasteiger partial charge in [-0.2, -0.15) is 0 Å². The maximum atomic E-state index is 11.0. The quantitative estimate of drug-likeness (QED) is 0.712. The molecule has 1 aliphatic rings. The first-order valence-electron chi connectivity index (χ1n) is 10.0. The number of rotatable bonds is 7. The van der Waals surface area contributed by atoms with Gasteiger partial charge in [-0.15, -0.1) is 0 Å². The lowest BCUT2D eigenvalue weighted by atomic mass is 9.88. The zero-order valence-corrected chi connectivity index (χ0v) is 16.7. The Bertz CT molecular complexity index is 753. The van der Waals surface area contributed by atoms with E-state index in [1.54, 1.807) is 14.0 Å². The van der Waals surface area contributed by atoms with Crippen LogP contribution in [0.15, 0.2) is 48.5 Å². The van der Waals surface area contributed by atoms with E-state index in [2.05, 4.69) is 54.7 Å². The molecule has 27 heavy (non-hydrogen) atoms. The van der Waals surface area contributed by atoms with Gasteiger partial charge < -0.3 is 10.1 Å². The maximum Gasteiger partial charge on any atom is 0.217 e. The molecule has 0 aromatic heterocycles. The van der Waals surface area contributed by atoms with Crippen LogP contribution in [0.5, 0.6) is 5.75 Å². The second kappa shape index (κ2) is 9.07. The third-order valence-corrected chi connectivity index (χ3v) is 5.88. The molecule has 0 aliphatic heterocycles. The predicted molar refractivity (Wildman–Crippen MR) is 110 cm³/mol. The summed E-state index contributed by atoms with van der Waals surface area (Å²) in [5.74, 6) is 2.98. The summed E-state index contributed by atoms with van der Waals surface area (Å²) in [4.78, 5) is 11.0. The Hall–Kier alpha value is -2.29. The molecule has 1 fully saturated rings. The molecule has 3 nitrogen and oxygen atoms in total. The number of carbonyl (C=O) groups excluding carboxylic acids is 1. The van der Waals surface area contributed by atoms with Crippen LogP contribution in [-0.2, 0) is 11.3 Å². The van der Waals surface area contributed by atoms with Crippen molar-refractivity contribution < 1.29 is 9.53 Å². The monoisotopic (exact) mass is 365 g/mol. The van der Waals surface area contributed by atoms with E-state index in [-0.39, 0.29) is 5.91 Å². The molecule has 2 aromatic rings. The molecule has 2 unspecified atom stereocenters. The molecule has 1 N–H and O–H groups in total. The van der Waals surface area contributed by atoms with Gasteiger partial charge >= 0.3 is 0 Å². The third kappa shape index (κ3) is 5.35. The van der Waals surface area contributed by atoms with Crippen LogP contribution in [0.4, 0.5) is 0 Å². The molecule has 0 heterocycles. The smallest absolute Gasteiger partial charge is 0.217 e. The lowest BCUT2D eigenvalue weighted by Gasteiger charge is -2.18. The van der Waals surface area contributed by atoms with Gasteiger partial charge in [0.2, 0.25) is 5.91 Å². The lowest BCUT2D eigenvalue weighted by Crippen LogP contribution is -2.18. The average Bonchev–Trinajstić information content (AvgIpc) is 3.15. The van der Waals surface area contributed by atoms with E-state index in [1.165, 1.54) is 36.8 Å². The minimum absolute atomic E-state index is 0.0165. The van der Waals surface area contributed by atoms with E-state index < -0.39 is 0 Å². The first-order chi connectivity index (χ1) is 13.0. The number of hydrogen-bond donors (Lipinski definition) is 1. The standard InChI is InChI=1S/C24H31NO2/c1-17(22-5-4-6-24(15-22)27-3)13-20-9-12-23(14-20)21-10-7-19(8-11-21)16-25-18(2)26/h4-8,10-11,15,17,20,23H,9,12-14,16H2,1-3H3,(H,25,26)/t17-,20?,23?/m0/s1. The summed E-state index contributed by atoms with van der Waals surface area (Å²) in [7, 11) is 1.73. The fraction of sp³-hybridized carbons (Fsp3) is 0.458. The van der Waals surface area contributed by atoms with Gasteiger partial charge in [-0.05, 0) is 72.3 Å². The summed E-state index contributed by atoms with van der Waals surface area (Å²) < 4.78 is 5.37. The zero-order chi connectivity index (χ0) is 19.2. The van der Waals surface area contributed by atoms with Crippen LogP contribution in [0.1, 0.15) is 68.1 Å². The van der Waals surface area contributed by atoms with E-state index in [9.17, 15) is 4.79 Å². The summed E-state index contributed by atoms with van der Waals surface area (Å²) in [5.41, 5.74) is 3.98. The number of carbonyl (C=O) groups is 1. The molecule has 0 spiro atoms. The Morgan fingerprint density at radius 1 is 1.19 bits per heavy atom. The molecule has 2 aromatic carbocycles. The molecule has 0 saturated heterocycles. The Balaban J connectivity index is 1.54. The lowest BCUT2D eigenvalue weighted by molar-refractivity contribution is -0.119. The summed E-state index contributed by atoms with van der Waals surface area (Å²) >= 11 is 0. The maximum absolute atomic E-state index is 11.0. The molecule has 3 heteroatoms. The van der Waals surface area contributed by atoms with Crippen LogP contribution in [0, 0.1) is 5.92 Å². The number of methoxy groups -OCH3 is 1. The van der Waals surface area contributed by atoms with E-state index >= 15 is 0 Å². The van der Waals surface area contributed by atoms with Gasteiger partial charge in [-0.3, -0.25) is 4.79 Å². The normalized spacial score (nSPS) is 20.3. The Kier molecular flexibility index (Phi) is 6.54. The van der Waals surface area contributed by atoms with Crippen molar-refractivity contribution in [2.24, 2.45) is 5.92 Å². The highest BCUT2D eigenvalue weighted by molar-refractivity contribution is 5.72. The molecule has 1 amide bonds. The number of hydrogen-bond acceptors (Lipinski definition) is 2. The average molecular weight is 366 g/mol. The molecule has 144 valence electrons. The SMILES string of the molecule is COc1cccc([C@@H](C)CC2CCC(c3ccc(CNC(C)=O)cc3)C2)c1. The molecule has 1 aliphatic carbocycles. The van der Waals surface area contributed by atoms with Crippen molar-refractivity contribution in [2.75, 3.05) is 7.11 Å². The number of ether oxygens (including phenoxy) is 1. The first kappa shape index (κ1) is 19.5. The Morgan fingerprint density at radius 3 is 2.67 bits per heavy atom. The van der Waals surface area contributed by atoms with E-state index in [0.717, 1.165) is 17.2 Å². The van der Waals surface area contributed by atoms with Gasteiger partial charge in [0.05, 0.1) is 7.11 Å². The van der Waals surface area contributed by atoms with Crippen LogP contribution >= 0.6 is 0 Å². The van der Waals surface area contributed by atoms with Crippen molar-refractivity contribution in [3.05, 3.63) is 65.2 Å². The molecule has 3 rings (SSSR count). The fourth-order valence-electron chi connectivity index (χ4n) is 4.31. The second-order valence-corrected chi connectivity index (χ2v) is 7.94. The summed E-state index contributed by atoms with van der Waals surface area (Å²) in [5, 5.41) is 2.86. The third-order valence-electron chi connectivity index (χ3n) is 5.88. The van der Waals surface area contributed by atoms with Gasteiger partial charge in [0, 0.05) is 13.5 Å². The first-order valence-corrected chi connectivity index (χ1v) is 10.0. The second-order valence-electron chi connectivity index (χ2n) is 7.94. The number of amides is 1. The summed E-state index contributed by atoms with van der Waals surface area (Å²) in [6.07, 6.45) is 5.11. The predicted octanol–water partition coefficient (Wildman–Crippen LogP) is 5.41.